The Bertz CT molecular complexity index is 2080. The first-order valence-corrected chi connectivity index (χ1v) is 13.1. The fraction of sp³-hybridized carbons (Fsp3) is 0. The molecular formula is C37H23N. The minimum absolute atomic E-state index is 1.06. The highest BCUT2D eigenvalue weighted by Gasteiger charge is 2.15. The van der Waals surface area contributed by atoms with Gasteiger partial charge in [-0.25, -0.2) is 4.98 Å². The Morgan fingerprint density at radius 1 is 0.316 bits per heavy atom. The Balaban J connectivity index is 1.40. The van der Waals surface area contributed by atoms with Crippen LogP contribution in [0.5, 0.6) is 0 Å². The lowest BCUT2D eigenvalue weighted by Crippen LogP contribution is -1.92. The van der Waals surface area contributed by atoms with Gasteiger partial charge >= 0.3 is 0 Å². The van der Waals surface area contributed by atoms with Crippen LogP contribution in [-0.4, -0.2) is 4.98 Å². The minimum atomic E-state index is 1.06. The van der Waals surface area contributed by atoms with Crippen LogP contribution in [0.3, 0.4) is 0 Å². The smallest absolute Gasteiger partial charge is 0.0794 e. The molecule has 0 saturated carbocycles. The van der Waals surface area contributed by atoms with E-state index in [2.05, 4.69) is 140 Å². The van der Waals surface area contributed by atoms with Gasteiger partial charge in [-0.05, 0) is 44.3 Å². The molecule has 0 bridgehead atoms. The molecule has 0 N–H and O–H groups in total. The molecule has 1 nitrogen and oxygen atoms in total. The fourth-order valence-electron chi connectivity index (χ4n) is 5.92. The molecular weight excluding hydrogens is 458 g/mol. The van der Waals surface area contributed by atoms with Gasteiger partial charge in [0.15, 0.2) is 0 Å². The normalized spacial score (nSPS) is 11.7. The van der Waals surface area contributed by atoms with Crippen LogP contribution in [0, 0.1) is 0 Å². The van der Waals surface area contributed by atoms with E-state index >= 15 is 0 Å². The zero-order valence-corrected chi connectivity index (χ0v) is 20.7. The average molecular weight is 482 g/mol. The fourth-order valence-corrected chi connectivity index (χ4v) is 5.92. The molecule has 1 heterocycles. The van der Waals surface area contributed by atoms with Crippen LogP contribution >= 0.6 is 0 Å². The molecule has 0 aliphatic carbocycles. The lowest BCUT2D eigenvalue weighted by Gasteiger charge is -2.15. The molecule has 0 saturated heterocycles. The number of pyridine rings is 1. The molecule has 7 aromatic carbocycles. The van der Waals surface area contributed by atoms with E-state index in [0.717, 1.165) is 11.0 Å². The highest BCUT2D eigenvalue weighted by molar-refractivity contribution is 6.21. The van der Waals surface area contributed by atoms with Crippen LogP contribution in [-0.2, 0) is 0 Å². The topological polar surface area (TPSA) is 12.9 Å². The summed E-state index contributed by atoms with van der Waals surface area (Å²) in [5.74, 6) is 0. The Kier molecular flexibility index (Phi) is 4.59. The maximum absolute atomic E-state index is 5.31. The Morgan fingerprint density at radius 2 is 0.789 bits per heavy atom. The molecule has 0 atom stereocenters. The van der Waals surface area contributed by atoms with Gasteiger partial charge in [0.2, 0.25) is 0 Å². The van der Waals surface area contributed by atoms with Gasteiger partial charge in [-0.2, -0.15) is 0 Å². The Hall–Kier alpha value is -5.01. The third-order valence-electron chi connectivity index (χ3n) is 7.82. The summed E-state index contributed by atoms with van der Waals surface area (Å²) in [7, 11) is 0. The predicted octanol–water partition coefficient (Wildman–Crippen LogP) is 10.2. The van der Waals surface area contributed by atoms with Crippen molar-refractivity contribution in [1.82, 2.24) is 4.98 Å². The molecule has 176 valence electrons. The number of benzene rings is 7. The van der Waals surface area contributed by atoms with Crippen molar-refractivity contribution in [2.24, 2.45) is 0 Å². The van der Waals surface area contributed by atoms with Gasteiger partial charge in [0.25, 0.3) is 0 Å². The van der Waals surface area contributed by atoms with E-state index in [-0.39, 0.29) is 0 Å². The highest BCUT2D eigenvalue weighted by atomic mass is 14.7. The lowest BCUT2D eigenvalue weighted by molar-refractivity contribution is 1.53. The minimum Gasteiger partial charge on any atom is -0.246 e. The summed E-state index contributed by atoms with van der Waals surface area (Å²) in [6.07, 6.45) is 0. The van der Waals surface area contributed by atoms with Gasteiger partial charge < -0.3 is 0 Å². The van der Waals surface area contributed by atoms with Gasteiger partial charge in [-0.1, -0.05) is 133 Å². The van der Waals surface area contributed by atoms with Gasteiger partial charge in [-0.15, -0.1) is 0 Å². The number of nitrogens with zero attached hydrogens (tertiary/aromatic N) is 1. The quantitative estimate of drug-likeness (QED) is 0.177. The van der Waals surface area contributed by atoms with Crippen molar-refractivity contribution in [3.8, 4) is 22.3 Å². The number of aromatic nitrogens is 1. The molecule has 0 unspecified atom stereocenters. The second kappa shape index (κ2) is 8.26. The third-order valence-corrected chi connectivity index (χ3v) is 7.82. The predicted molar refractivity (Wildman–Crippen MR) is 163 cm³/mol. The standard InChI is InChI=1S/C37H23N/c1-2-10-29-23-30(18-15-24(29)7-1)25-13-16-28(17-14-25)35-33-21-19-26-8-3-5-11-31(26)36(33)38-37-32-12-6-4-9-27(32)20-22-34(35)37/h1-23H. The summed E-state index contributed by atoms with van der Waals surface area (Å²) in [6, 6.07) is 50.3. The van der Waals surface area contributed by atoms with Crippen molar-refractivity contribution in [1.29, 1.82) is 0 Å². The van der Waals surface area contributed by atoms with Gasteiger partial charge in [0.05, 0.1) is 11.0 Å². The molecule has 38 heavy (non-hydrogen) atoms. The molecule has 0 spiro atoms. The molecule has 0 fully saturated rings. The van der Waals surface area contributed by atoms with E-state index in [9.17, 15) is 0 Å². The highest BCUT2D eigenvalue weighted by Crippen LogP contribution is 2.40. The monoisotopic (exact) mass is 481 g/mol. The number of fused-ring (bicyclic) bond motifs is 7. The molecule has 8 aromatic rings. The van der Waals surface area contributed by atoms with Crippen LogP contribution in [0.15, 0.2) is 140 Å². The molecule has 0 aliphatic heterocycles. The number of hydrogen-bond acceptors (Lipinski definition) is 1. The summed E-state index contributed by atoms with van der Waals surface area (Å²) in [5.41, 5.74) is 7.01. The lowest BCUT2D eigenvalue weighted by atomic mass is 9.91. The van der Waals surface area contributed by atoms with Gasteiger partial charge in [0.1, 0.15) is 0 Å². The van der Waals surface area contributed by atoms with E-state index in [4.69, 9.17) is 4.98 Å². The zero-order chi connectivity index (χ0) is 25.1. The van der Waals surface area contributed by atoms with Crippen LogP contribution < -0.4 is 0 Å². The van der Waals surface area contributed by atoms with Crippen molar-refractivity contribution in [3.63, 3.8) is 0 Å². The summed E-state index contributed by atoms with van der Waals surface area (Å²) in [6.45, 7) is 0. The van der Waals surface area contributed by atoms with Crippen LogP contribution in [0.4, 0.5) is 0 Å². The van der Waals surface area contributed by atoms with Crippen LogP contribution in [0.25, 0.3) is 76.4 Å². The van der Waals surface area contributed by atoms with E-state index in [1.165, 1.54) is 65.3 Å². The van der Waals surface area contributed by atoms with Crippen LogP contribution in [0.1, 0.15) is 0 Å². The largest absolute Gasteiger partial charge is 0.246 e. The van der Waals surface area contributed by atoms with Crippen molar-refractivity contribution < 1.29 is 0 Å². The van der Waals surface area contributed by atoms with Gasteiger partial charge in [0, 0.05) is 27.1 Å². The maximum atomic E-state index is 5.31. The zero-order valence-electron chi connectivity index (χ0n) is 20.7. The SMILES string of the molecule is c1ccc2cc(-c3ccc(-c4c5ccc6ccccc6c5nc5c4ccc4ccccc45)cc3)ccc2c1. The van der Waals surface area contributed by atoms with Crippen molar-refractivity contribution in [2.75, 3.05) is 0 Å². The van der Waals surface area contributed by atoms with Crippen molar-refractivity contribution >= 4 is 54.1 Å². The summed E-state index contributed by atoms with van der Waals surface area (Å²) >= 11 is 0. The van der Waals surface area contributed by atoms with Crippen molar-refractivity contribution in [2.45, 2.75) is 0 Å². The summed E-state index contributed by atoms with van der Waals surface area (Å²) in [5, 5.41) is 9.70. The first-order valence-electron chi connectivity index (χ1n) is 13.1. The summed E-state index contributed by atoms with van der Waals surface area (Å²) < 4.78 is 0. The Labute approximate surface area is 220 Å². The molecule has 1 aromatic heterocycles. The van der Waals surface area contributed by atoms with E-state index < -0.39 is 0 Å². The van der Waals surface area contributed by atoms with E-state index in [1.807, 2.05) is 0 Å². The molecule has 1 heteroatoms. The first kappa shape index (κ1) is 21.1. The van der Waals surface area contributed by atoms with Crippen molar-refractivity contribution in [3.05, 3.63) is 140 Å². The molecule has 8 rings (SSSR count). The van der Waals surface area contributed by atoms with E-state index in [0.29, 0.717) is 0 Å². The molecule has 0 amide bonds. The average Bonchev–Trinajstić information content (AvgIpc) is 2.99. The maximum Gasteiger partial charge on any atom is 0.0794 e. The molecule has 0 radical (unpaired) electrons. The second-order valence-electron chi connectivity index (χ2n) is 9.99. The first-order chi connectivity index (χ1) is 18.8. The molecule has 0 aliphatic rings. The second-order valence-corrected chi connectivity index (χ2v) is 9.99. The number of hydrogen-bond donors (Lipinski definition) is 0. The Morgan fingerprint density at radius 3 is 1.42 bits per heavy atom. The number of rotatable bonds is 2. The van der Waals surface area contributed by atoms with Gasteiger partial charge in [-0.3, -0.25) is 0 Å². The third kappa shape index (κ3) is 3.22. The van der Waals surface area contributed by atoms with Crippen LogP contribution in [0.2, 0.25) is 0 Å². The summed E-state index contributed by atoms with van der Waals surface area (Å²) in [4.78, 5) is 5.31. The van der Waals surface area contributed by atoms with E-state index in [1.54, 1.807) is 0 Å².